The summed E-state index contributed by atoms with van der Waals surface area (Å²) in [6, 6.07) is 0.226. The molecule has 2 N–H and O–H groups in total. The quantitative estimate of drug-likeness (QED) is 0.670. The highest BCUT2D eigenvalue weighted by Gasteiger charge is 2.27. The topological polar surface area (TPSA) is 50.4 Å². The van der Waals surface area contributed by atoms with Gasteiger partial charge in [-0.15, -0.1) is 0 Å². The lowest BCUT2D eigenvalue weighted by molar-refractivity contribution is -0.122. The van der Waals surface area contributed by atoms with Gasteiger partial charge in [0.2, 0.25) is 5.91 Å². The summed E-state index contributed by atoms with van der Waals surface area (Å²) < 4.78 is 5.30. The van der Waals surface area contributed by atoms with E-state index in [9.17, 15) is 4.79 Å². The largest absolute Gasteiger partial charge is 0.379 e. The average molecular weight is 200 g/mol. The number of methoxy groups -OCH3 is 1. The van der Waals surface area contributed by atoms with Crippen molar-refractivity contribution in [2.45, 2.75) is 37.8 Å². The second kappa shape index (κ2) is 5.98. The summed E-state index contributed by atoms with van der Waals surface area (Å²) in [6.07, 6.45) is 4.02. The number of hydrogen-bond donors (Lipinski definition) is 2. The summed E-state index contributed by atoms with van der Waals surface area (Å²) >= 11 is 0. The molecule has 1 fully saturated rings. The Morgan fingerprint density at radius 2 is 2.29 bits per heavy atom. The molecule has 2 unspecified atom stereocenters. The summed E-state index contributed by atoms with van der Waals surface area (Å²) in [4.78, 5) is 11.4. The predicted molar refractivity (Wildman–Crippen MR) is 55.1 cm³/mol. The van der Waals surface area contributed by atoms with Gasteiger partial charge < -0.3 is 15.4 Å². The molecule has 1 rings (SSSR count). The minimum absolute atomic E-state index is 0.119. The van der Waals surface area contributed by atoms with Crippen molar-refractivity contribution >= 4 is 5.91 Å². The van der Waals surface area contributed by atoms with Crippen molar-refractivity contribution in [1.29, 1.82) is 0 Å². The van der Waals surface area contributed by atoms with Crippen molar-refractivity contribution in [1.82, 2.24) is 10.6 Å². The van der Waals surface area contributed by atoms with Crippen LogP contribution in [0.1, 0.15) is 25.7 Å². The van der Waals surface area contributed by atoms with Crippen molar-refractivity contribution in [2.24, 2.45) is 0 Å². The van der Waals surface area contributed by atoms with Crippen LogP contribution in [0.4, 0.5) is 0 Å². The van der Waals surface area contributed by atoms with E-state index in [0.29, 0.717) is 6.42 Å². The number of hydrogen-bond acceptors (Lipinski definition) is 3. The molecule has 1 aliphatic carbocycles. The fourth-order valence-corrected chi connectivity index (χ4v) is 1.89. The highest BCUT2D eigenvalue weighted by molar-refractivity contribution is 5.76. The molecule has 1 amide bonds. The highest BCUT2D eigenvalue weighted by Crippen LogP contribution is 2.21. The first-order valence-electron chi connectivity index (χ1n) is 5.24. The Morgan fingerprint density at radius 1 is 1.50 bits per heavy atom. The summed E-state index contributed by atoms with van der Waals surface area (Å²) in [5.74, 6) is 0.119. The van der Waals surface area contributed by atoms with E-state index in [1.54, 1.807) is 7.11 Å². The smallest absolute Gasteiger partial charge is 0.221 e. The van der Waals surface area contributed by atoms with E-state index in [1.807, 2.05) is 7.05 Å². The molecule has 0 saturated heterocycles. The number of amides is 1. The van der Waals surface area contributed by atoms with E-state index in [1.165, 1.54) is 0 Å². The Bertz CT molecular complexity index is 185. The molecule has 1 saturated carbocycles. The van der Waals surface area contributed by atoms with Gasteiger partial charge in [-0.25, -0.2) is 0 Å². The zero-order valence-electron chi connectivity index (χ0n) is 9.01. The van der Waals surface area contributed by atoms with Crippen molar-refractivity contribution in [2.75, 3.05) is 20.7 Å². The maximum Gasteiger partial charge on any atom is 0.221 e. The number of carbonyl (C=O) groups excluding carboxylic acids is 1. The second-order valence-electron chi connectivity index (χ2n) is 3.73. The fourth-order valence-electron chi connectivity index (χ4n) is 1.89. The van der Waals surface area contributed by atoms with Gasteiger partial charge in [0.1, 0.15) is 0 Å². The minimum Gasteiger partial charge on any atom is -0.379 e. The van der Waals surface area contributed by atoms with Crippen LogP contribution in [0.3, 0.4) is 0 Å². The van der Waals surface area contributed by atoms with Crippen LogP contribution in [0.2, 0.25) is 0 Å². The molecule has 0 aromatic carbocycles. The van der Waals surface area contributed by atoms with Gasteiger partial charge in [0.15, 0.2) is 0 Å². The summed E-state index contributed by atoms with van der Waals surface area (Å²) in [5, 5.41) is 5.97. The summed E-state index contributed by atoms with van der Waals surface area (Å²) in [7, 11) is 3.56. The number of rotatable bonds is 5. The lowest BCUT2D eigenvalue weighted by Gasteiger charge is -2.19. The first kappa shape index (κ1) is 11.5. The highest BCUT2D eigenvalue weighted by atomic mass is 16.5. The number of carbonyl (C=O) groups is 1. The van der Waals surface area contributed by atoms with E-state index in [4.69, 9.17) is 4.74 Å². The molecule has 1 aliphatic rings. The van der Waals surface area contributed by atoms with Crippen LogP contribution in [-0.4, -0.2) is 38.8 Å². The van der Waals surface area contributed by atoms with E-state index < -0.39 is 0 Å². The Hall–Kier alpha value is -0.610. The number of nitrogens with one attached hydrogen (secondary N) is 2. The molecule has 82 valence electrons. The van der Waals surface area contributed by atoms with Gasteiger partial charge in [0.25, 0.3) is 0 Å². The van der Waals surface area contributed by atoms with E-state index in [2.05, 4.69) is 10.6 Å². The Labute approximate surface area is 85.4 Å². The molecule has 0 aromatic rings. The SMILES string of the molecule is CNCCC(=O)NC1CCCC1OC. The third-order valence-electron chi connectivity index (χ3n) is 2.70. The molecule has 0 bridgehead atoms. The predicted octanol–water partition coefficient (Wildman–Crippen LogP) is 0.280. The molecular weight excluding hydrogens is 180 g/mol. The van der Waals surface area contributed by atoms with E-state index in [-0.39, 0.29) is 18.1 Å². The molecule has 0 heterocycles. The maximum absolute atomic E-state index is 11.4. The van der Waals surface area contributed by atoms with Gasteiger partial charge in [0, 0.05) is 20.1 Å². The lowest BCUT2D eigenvalue weighted by atomic mass is 10.2. The van der Waals surface area contributed by atoms with Gasteiger partial charge in [0.05, 0.1) is 12.1 Å². The van der Waals surface area contributed by atoms with Gasteiger partial charge in [-0.2, -0.15) is 0 Å². The Morgan fingerprint density at radius 3 is 2.93 bits per heavy atom. The van der Waals surface area contributed by atoms with Crippen LogP contribution in [0.15, 0.2) is 0 Å². The molecule has 4 heteroatoms. The fraction of sp³-hybridized carbons (Fsp3) is 0.900. The second-order valence-corrected chi connectivity index (χ2v) is 3.73. The molecule has 2 atom stereocenters. The molecule has 0 aromatic heterocycles. The monoisotopic (exact) mass is 200 g/mol. The standard InChI is InChI=1S/C10H20N2O2/c1-11-7-6-10(13)12-8-4-3-5-9(8)14-2/h8-9,11H,3-7H2,1-2H3,(H,12,13). The molecular formula is C10H20N2O2. The lowest BCUT2D eigenvalue weighted by Crippen LogP contribution is -2.41. The zero-order chi connectivity index (χ0) is 10.4. The normalized spacial score (nSPS) is 26.4. The van der Waals surface area contributed by atoms with E-state index in [0.717, 1.165) is 25.8 Å². The number of ether oxygens (including phenoxy) is 1. The summed E-state index contributed by atoms with van der Waals surface area (Å²) in [5.41, 5.74) is 0. The average Bonchev–Trinajstić information content (AvgIpc) is 2.62. The molecule has 0 radical (unpaired) electrons. The maximum atomic E-state index is 11.4. The Kier molecular flexibility index (Phi) is 4.90. The van der Waals surface area contributed by atoms with Crippen LogP contribution in [0.5, 0.6) is 0 Å². The van der Waals surface area contributed by atoms with Gasteiger partial charge in [-0.3, -0.25) is 4.79 Å². The molecule has 0 aliphatic heterocycles. The van der Waals surface area contributed by atoms with Gasteiger partial charge >= 0.3 is 0 Å². The minimum atomic E-state index is 0.119. The van der Waals surface area contributed by atoms with Crippen molar-refractivity contribution < 1.29 is 9.53 Å². The summed E-state index contributed by atoms with van der Waals surface area (Å²) in [6.45, 7) is 0.732. The zero-order valence-corrected chi connectivity index (χ0v) is 9.01. The van der Waals surface area contributed by atoms with Crippen LogP contribution >= 0.6 is 0 Å². The first-order chi connectivity index (χ1) is 6.77. The third kappa shape index (κ3) is 3.27. The Balaban J connectivity index is 2.25. The van der Waals surface area contributed by atoms with Crippen molar-refractivity contribution in [3.63, 3.8) is 0 Å². The van der Waals surface area contributed by atoms with Crippen molar-refractivity contribution in [3.8, 4) is 0 Å². The van der Waals surface area contributed by atoms with Crippen LogP contribution in [-0.2, 0) is 9.53 Å². The van der Waals surface area contributed by atoms with E-state index >= 15 is 0 Å². The van der Waals surface area contributed by atoms with Gasteiger partial charge in [-0.05, 0) is 26.3 Å². The van der Waals surface area contributed by atoms with Crippen LogP contribution < -0.4 is 10.6 Å². The van der Waals surface area contributed by atoms with Crippen LogP contribution in [0, 0.1) is 0 Å². The molecule has 4 nitrogen and oxygen atoms in total. The molecule has 14 heavy (non-hydrogen) atoms. The molecule has 0 spiro atoms. The third-order valence-corrected chi connectivity index (χ3v) is 2.70. The van der Waals surface area contributed by atoms with Gasteiger partial charge in [-0.1, -0.05) is 0 Å². The van der Waals surface area contributed by atoms with Crippen LogP contribution in [0.25, 0.3) is 0 Å². The first-order valence-corrected chi connectivity index (χ1v) is 5.24. The van der Waals surface area contributed by atoms with Crippen molar-refractivity contribution in [3.05, 3.63) is 0 Å².